The molecule has 0 unspecified atom stereocenters. The number of anilines is 1. The monoisotopic (exact) mass is 596 g/mol. The third-order valence-electron chi connectivity index (χ3n) is 8.77. The molecule has 3 aromatic rings. The maximum Gasteiger partial charge on any atom is 0.271 e. The van der Waals surface area contributed by atoms with E-state index in [0.29, 0.717) is 17.6 Å². The number of hydrogen-bond donors (Lipinski definition) is 3. The van der Waals surface area contributed by atoms with Gasteiger partial charge in [0.1, 0.15) is 5.75 Å². The third-order valence-corrected chi connectivity index (χ3v) is 8.77. The van der Waals surface area contributed by atoms with Crippen LogP contribution in [0, 0.1) is 33.8 Å². The number of non-ortho nitro benzene ring substituents is 1. The van der Waals surface area contributed by atoms with Gasteiger partial charge in [0.15, 0.2) is 0 Å². The number of phenols is 1. The molecule has 9 nitrogen and oxygen atoms in total. The Morgan fingerprint density at radius 3 is 2.39 bits per heavy atom. The molecule has 4 atom stereocenters. The SMILES string of the molecule is CC(C)C1=C([C@H](O)CC/C(=C/c2ccccc2O)c2ccccc2)[C@H](CO)[C@@H]2C(=O)N(c3cccc([N+](=O)[O-])c3)C(=O)[C@@H]2C1. The van der Waals surface area contributed by atoms with E-state index in [0.717, 1.165) is 21.6 Å². The number of rotatable bonds is 10. The van der Waals surface area contributed by atoms with Crippen LogP contribution in [0.2, 0.25) is 0 Å². The highest BCUT2D eigenvalue weighted by molar-refractivity contribution is 6.22. The molecule has 44 heavy (non-hydrogen) atoms. The van der Waals surface area contributed by atoms with Gasteiger partial charge in [-0.25, -0.2) is 4.90 Å². The number of phenolic OH excluding ortho intramolecular Hbond substituents is 1. The van der Waals surface area contributed by atoms with Crippen LogP contribution in [0.15, 0.2) is 90.0 Å². The number of allylic oxidation sites excluding steroid dienone is 2. The second kappa shape index (κ2) is 13.0. The van der Waals surface area contributed by atoms with Gasteiger partial charge in [-0.15, -0.1) is 0 Å². The summed E-state index contributed by atoms with van der Waals surface area (Å²) in [5, 5.41) is 44.2. The van der Waals surface area contributed by atoms with Gasteiger partial charge in [-0.3, -0.25) is 19.7 Å². The molecule has 9 heteroatoms. The first-order valence-electron chi connectivity index (χ1n) is 14.8. The van der Waals surface area contributed by atoms with Crippen LogP contribution in [0.3, 0.4) is 0 Å². The zero-order chi connectivity index (χ0) is 31.5. The second-order valence-electron chi connectivity index (χ2n) is 11.7. The van der Waals surface area contributed by atoms with E-state index in [1.54, 1.807) is 12.1 Å². The molecule has 2 aliphatic rings. The predicted octanol–water partition coefficient (Wildman–Crippen LogP) is 5.75. The first kappa shape index (κ1) is 30.8. The van der Waals surface area contributed by atoms with Crippen LogP contribution in [-0.2, 0) is 9.59 Å². The van der Waals surface area contributed by atoms with Crippen molar-refractivity contribution in [2.24, 2.45) is 23.7 Å². The minimum Gasteiger partial charge on any atom is -0.507 e. The summed E-state index contributed by atoms with van der Waals surface area (Å²) >= 11 is 0. The number of carbonyl (C=O) groups excluding carboxylic acids is 2. The summed E-state index contributed by atoms with van der Waals surface area (Å²) in [6.45, 7) is 3.48. The smallest absolute Gasteiger partial charge is 0.271 e. The van der Waals surface area contributed by atoms with Gasteiger partial charge in [0.05, 0.1) is 35.2 Å². The van der Waals surface area contributed by atoms with E-state index in [-0.39, 0.29) is 35.9 Å². The largest absolute Gasteiger partial charge is 0.507 e. The number of carbonyl (C=O) groups is 2. The fraction of sp³-hybridized carbons (Fsp3) is 0.314. The number of aliphatic hydroxyl groups excluding tert-OH is 2. The van der Waals surface area contributed by atoms with Gasteiger partial charge in [0.25, 0.3) is 5.69 Å². The lowest BCUT2D eigenvalue weighted by molar-refractivity contribution is -0.384. The van der Waals surface area contributed by atoms with Crippen molar-refractivity contribution in [2.45, 2.75) is 39.2 Å². The van der Waals surface area contributed by atoms with Gasteiger partial charge < -0.3 is 15.3 Å². The van der Waals surface area contributed by atoms with Gasteiger partial charge in [0, 0.05) is 23.6 Å². The number of nitro groups is 1. The molecular weight excluding hydrogens is 560 g/mol. The highest BCUT2D eigenvalue weighted by atomic mass is 16.6. The van der Waals surface area contributed by atoms with Crippen LogP contribution in [-0.4, -0.2) is 44.8 Å². The summed E-state index contributed by atoms with van der Waals surface area (Å²) in [4.78, 5) is 39.3. The number of aromatic hydroxyl groups is 1. The van der Waals surface area contributed by atoms with Crippen molar-refractivity contribution in [2.75, 3.05) is 11.5 Å². The van der Waals surface area contributed by atoms with Crippen LogP contribution >= 0.6 is 0 Å². The first-order valence-corrected chi connectivity index (χ1v) is 14.8. The molecule has 5 rings (SSSR count). The summed E-state index contributed by atoms with van der Waals surface area (Å²) in [5.74, 6) is -3.34. The Kier molecular flexibility index (Phi) is 9.08. The molecule has 1 aliphatic heterocycles. The average molecular weight is 597 g/mol. The number of nitrogens with zero attached hydrogens (tertiary/aromatic N) is 2. The van der Waals surface area contributed by atoms with Gasteiger partial charge >= 0.3 is 0 Å². The topological polar surface area (TPSA) is 141 Å². The molecule has 1 aliphatic carbocycles. The quantitative estimate of drug-likeness (QED) is 0.0889. The van der Waals surface area contributed by atoms with Crippen LogP contribution < -0.4 is 4.90 Å². The van der Waals surface area contributed by atoms with E-state index in [9.17, 15) is 35.0 Å². The van der Waals surface area contributed by atoms with E-state index in [1.807, 2.05) is 62.4 Å². The van der Waals surface area contributed by atoms with Crippen molar-refractivity contribution in [1.29, 1.82) is 0 Å². The average Bonchev–Trinajstić information content (AvgIpc) is 3.28. The van der Waals surface area contributed by atoms with Crippen molar-refractivity contribution in [3.63, 3.8) is 0 Å². The molecule has 0 saturated carbocycles. The summed E-state index contributed by atoms with van der Waals surface area (Å²) in [6.07, 6.45) is 1.86. The Morgan fingerprint density at radius 1 is 1.02 bits per heavy atom. The van der Waals surface area contributed by atoms with Crippen LogP contribution in [0.4, 0.5) is 11.4 Å². The summed E-state index contributed by atoms with van der Waals surface area (Å²) in [5.41, 5.74) is 3.79. The number of aliphatic hydroxyl groups is 2. The normalized spacial score (nSPS) is 21.2. The minimum absolute atomic E-state index is 0.0604. The summed E-state index contributed by atoms with van der Waals surface area (Å²) in [6, 6.07) is 22.1. The lowest BCUT2D eigenvalue weighted by Crippen LogP contribution is -2.39. The number of fused-ring (bicyclic) bond motifs is 1. The molecule has 0 aromatic heterocycles. The van der Waals surface area contributed by atoms with Gasteiger partial charge in [-0.1, -0.05) is 74.0 Å². The molecular formula is C35H36N2O7. The summed E-state index contributed by atoms with van der Waals surface area (Å²) < 4.78 is 0. The number of nitro benzene ring substituents is 1. The Hall–Kier alpha value is -4.60. The van der Waals surface area contributed by atoms with Crippen LogP contribution in [0.5, 0.6) is 5.75 Å². The van der Waals surface area contributed by atoms with Crippen molar-refractivity contribution in [3.8, 4) is 5.75 Å². The molecule has 1 saturated heterocycles. The Balaban J connectivity index is 1.46. The Bertz CT molecular complexity index is 1630. The zero-order valence-corrected chi connectivity index (χ0v) is 24.7. The highest BCUT2D eigenvalue weighted by Gasteiger charge is 2.55. The van der Waals surface area contributed by atoms with E-state index in [4.69, 9.17) is 0 Å². The number of benzene rings is 3. The molecule has 228 valence electrons. The van der Waals surface area contributed by atoms with Gasteiger partial charge in [-0.05, 0) is 60.1 Å². The lowest BCUT2D eigenvalue weighted by atomic mass is 9.66. The van der Waals surface area contributed by atoms with Gasteiger partial charge in [0.2, 0.25) is 11.8 Å². The van der Waals surface area contributed by atoms with Gasteiger partial charge in [-0.2, -0.15) is 0 Å². The minimum atomic E-state index is -1.00. The van der Waals surface area contributed by atoms with E-state index >= 15 is 0 Å². The molecule has 0 radical (unpaired) electrons. The highest BCUT2D eigenvalue weighted by Crippen LogP contribution is 2.49. The van der Waals surface area contributed by atoms with Crippen molar-refractivity contribution >= 4 is 34.8 Å². The van der Waals surface area contributed by atoms with Crippen molar-refractivity contribution < 1.29 is 29.8 Å². The first-order chi connectivity index (χ1) is 21.1. The number of para-hydroxylation sites is 1. The van der Waals surface area contributed by atoms with E-state index in [2.05, 4.69) is 0 Å². The third kappa shape index (κ3) is 5.93. The number of hydrogen-bond acceptors (Lipinski definition) is 7. The molecule has 1 fully saturated rings. The number of imide groups is 1. The molecule has 3 N–H and O–H groups in total. The molecule has 3 aromatic carbocycles. The van der Waals surface area contributed by atoms with Crippen molar-refractivity contribution in [3.05, 3.63) is 111 Å². The molecule has 0 bridgehead atoms. The number of amides is 2. The zero-order valence-electron chi connectivity index (χ0n) is 24.7. The van der Waals surface area contributed by atoms with Crippen molar-refractivity contribution in [1.82, 2.24) is 0 Å². The van der Waals surface area contributed by atoms with E-state index in [1.165, 1.54) is 24.3 Å². The predicted molar refractivity (Wildman–Crippen MR) is 167 cm³/mol. The van der Waals surface area contributed by atoms with E-state index < -0.39 is 47.2 Å². The van der Waals surface area contributed by atoms with Crippen LogP contribution in [0.1, 0.15) is 44.2 Å². The molecule has 2 amide bonds. The summed E-state index contributed by atoms with van der Waals surface area (Å²) in [7, 11) is 0. The fourth-order valence-electron chi connectivity index (χ4n) is 6.64. The maximum atomic E-state index is 13.8. The molecule has 0 spiro atoms. The maximum absolute atomic E-state index is 13.8. The molecule has 1 heterocycles. The Morgan fingerprint density at radius 2 is 1.73 bits per heavy atom. The lowest BCUT2D eigenvalue weighted by Gasteiger charge is -2.38. The fourth-order valence-corrected chi connectivity index (χ4v) is 6.64. The standard InChI is InChI=1S/C35H36N2O7/c1-21(2)27-19-28-33(35(42)36(34(28)41)25-12-8-13-26(18-25)37(43)44)29(20-38)32(27)31(40)16-15-23(22-9-4-3-5-10-22)17-24-11-6-7-14-30(24)39/h3-14,17-18,21,28-29,31,33,38-40H,15-16,19-20H2,1-2H3/b23-17-/t28-,29+,31-,33-/m1/s1. The van der Waals surface area contributed by atoms with Crippen LogP contribution in [0.25, 0.3) is 11.6 Å². The second-order valence-corrected chi connectivity index (χ2v) is 11.7. The Labute approximate surface area is 255 Å².